The van der Waals surface area contributed by atoms with E-state index in [0.717, 1.165) is 18.4 Å². The van der Waals surface area contributed by atoms with Crippen molar-refractivity contribution in [2.75, 3.05) is 25.0 Å². The van der Waals surface area contributed by atoms with Crippen molar-refractivity contribution >= 4 is 23.3 Å². The molecule has 1 aliphatic heterocycles. The summed E-state index contributed by atoms with van der Waals surface area (Å²) in [5.41, 5.74) is 4.36. The Morgan fingerprint density at radius 3 is 2.18 bits per heavy atom. The summed E-state index contributed by atoms with van der Waals surface area (Å²) < 4.78 is 0. The number of likely N-dealkylation sites (N-methyl/N-ethyl adjacent to an activating group) is 1. The number of benzene rings is 2. The van der Waals surface area contributed by atoms with E-state index in [4.69, 9.17) is 0 Å². The van der Waals surface area contributed by atoms with Crippen molar-refractivity contribution < 1.29 is 14.4 Å². The van der Waals surface area contributed by atoms with Crippen LogP contribution in [0, 0.1) is 0 Å². The second kappa shape index (κ2) is 8.21. The molecule has 0 fully saturated rings. The van der Waals surface area contributed by atoms with Gasteiger partial charge in [0.2, 0.25) is 5.91 Å². The zero-order chi connectivity index (χ0) is 20.3. The standard InChI is InChI=1S/C23H24N2O3/c1-4-22(27)24(3)21-9-7-18(8-10-21)23(28)25-13-11-17-5-6-19(16(2)26)15-20(17)12-14-25/h4-10,15H,1,11-14H2,2-3H3. The molecule has 0 saturated carbocycles. The van der Waals surface area contributed by atoms with Gasteiger partial charge >= 0.3 is 0 Å². The van der Waals surface area contributed by atoms with Crippen LogP contribution in [0.15, 0.2) is 55.1 Å². The van der Waals surface area contributed by atoms with E-state index in [-0.39, 0.29) is 17.6 Å². The van der Waals surface area contributed by atoms with Gasteiger partial charge in [-0.2, -0.15) is 0 Å². The fourth-order valence-corrected chi connectivity index (χ4v) is 3.42. The van der Waals surface area contributed by atoms with Crippen LogP contribution in [0.5, 0.6) is 0 Å². The molecule has 0 aliphatic carbocycles. The number of hydrogen-bond acceptors (Lipinski definition) is 3. The highest BCUT2D eigenvalue weighted by atomic mass is 16.2. The van der Waals surface area contributed by atoms with Crippen LogP contribution in [0.25, 0.3) is 0 Å². The number of hydrogen-bond donors (Lipinski definition) is 0. The van der Waals surface area contributed by atoms with Crippen molar-refractivity contribution in [3.8, 4) is 0 Å². The van der Waals surface area contributed by atoms with Gasteiger partial charge in [-0.25, -0.2) is 0 Å². The number of fused-ring (bicyclic) bond motifs is 1. The highest BCUT2D eigenvalue weighted by Crippen LogP contribution is 2.21. The molecule has 28 heavy (non-hydrogen) atoms. The minimum atomic E-state index is -0.200. The van der Waals surface area contributed by atoms with E-state index in [1.54, 1.807) is 38.2 Å². The zero-order valence-electron chi connectivity index (χ0n) is 16.3. The van der Waals surface area contributed by atoms with E-state index in [9.17, 15) is 14.4 Å². The van der Waals surface area contributed by atoms with Crippen LogP contribution in [0.4, 0.5) is 5.69 Å². The molecule has 0 unspecified atom stereocenters. The first-order chi connectivity index (χ1) is 13.4. The smallest absolute Gasteiger partial charge is 0.253 e. The molecule has 2 aromatic rings. The van der Waals surface area contributed by atoms with Crippen LogP contribution in [-0.4, -0.2) is 42.6 Å². The van der Waals surface area contributed by atoms with E-state index in [1.165, 1.54) is 16.5 Å². The largest absolute Gasteiger partial charge is 0.338 e. The molecule has 144 valence electrons. The molecule has 0 aromatic heterocycles. The minimum absolute atomic E-state index is 0.0242. The molecule has 0 atom stereocenters. The first-order valence-electron chi connectivity index (χ1n) is 9.33. The summed E-state index contributed by atoms with van der Waals surface area (Å²) in [5, 5.41) is 0. The normalized spacial score (nSPS) is 13.3. The van der Waals surface area contributed by atoms with E-state index >= 15 is 0 Å². The highest BCUT2D eigenvalue weighted by molar-refractivity contribution is 6.01. The van der Waals surface area contributed by atoms with Gasteiger partial charge < -0.3 is 9.80 Å². The van der Waals surface area contributed by atoms with Crippen molar-refractivity contribution in [3.63, 3.8) is 0 Å². The fraction of sp³-hybridized carbons (Fsp3) is 0.261. The molecule has 0 N–H and O–H groups in total. The van der Waals surface area contributed by atoms with Crippen molar-refractivity contribution in [2.24, 2.45) is 0 Å². The Balaban J connectivity index is 1.72. The van der Waals surface area contributed by atoms with Crippen LogP contribution >= 0.6 is 0 Å². The van der Waals surface area contributed by atoms with Crippen molar-refractivity contribution in [3.05, 3.63) is 77.4 Å². The van der Waals surface area contributed by atoms with Gasteiger partial charge in [0.25, 0.3) is 5.91 Å². The topological polar surface area (TPSA) is 57.7 Å². The molecule has 0 spiro atoms. The summed E-state index contributed by atoms with van der Waals surface area (Å²) >= 11 is 0. The van der Waals surface area contributed by atoms with E-state index in [1.807, 2.05) is 23.1 Å². The third-order valence-corrected chi connectivity index (χ3v) is 5.21. The van der Waals surface area contributed by atoms with Gasteiger partial charge in [0, 0.05) is 37.0 Å². The Labute approximate surface area is 165 Å². The van der Waals surface area contributed by atoms with Gasteiger partial charge in [-0.15, -0.1) is 0 Å². The number of Topliss-reactive ketones (excluding diaryl/α,β-unsaturated/α-hetero) is 1. The number of rotatable bonds is 4. The molecule has 1 heterocycles. The van der Waals surface area contributed by atoms with Crippen LogP contribution in [0.3, 0.4) is 0 Å². The number of amides is 2. The maximum absolute atomic E-state index is 12.9. The second-order valence-electron chi connectivity index (χ2n) is 6.98. The summed E-state index contributed by atoms with van der Waals surface area (Å²) in [6.07, 6.45) is 2.76. The third-order valence-electron chi connectivity index (χ3n) is 5.21. The molecule has 2 aromatic carbocycles. The summed E-state index contributed by atoms with van der Waals surface area (Å²) in [6, 6.07) is 12.8. The third kappa shape index (κ3) is 4.03. The number of anilines is 1. The SMILES string of the molecule is C=CC(=O)N(C)c1ccc(C(=O)N2CCc3ccc(C(C)=O)cc3CC2)cc1. The molecule has 1 aliphatic rings. The lowest BCUT2D eigenvalue weighted by atomic mass is 9.99. The summed E-state index contributed by atoms with van der Waals surface area (Å²) in [6.45, 7) is 6.31. The Bertz CT molecular complexity index is 931. The van der Waals surface area contributed by atoms with Crippen LogP contribution in [0.2, 0.25) is 0 Å². The predicted octanol–water partition coefficient (Wildman–Crippen LogP) is 3.28. The van der Waals surface area contributed by atoms with Gasteiger partial charge in [-0.05, 0) is 67.3 Å². The van der Waals surface area contributed by atoms with E-state index in [2.05, 4.69) is 6.58 Å². The van der Waals surface area contributed by atoms with Gasteiger partial charge in [-0.1, -0.05) is 18.7 Å². The Hall–Kier alpha value is -3.21. The lowest BCUT2D eigenvalue weighted by molar-refractivity contribution is -0.113. The first kappa shape index (κ1) is 19.5. The molecule has 3 rings (SSSR count). The number of ketones is 1. The number of carbonyl (C=O) groups excluding carboxylic acids is 3. The molecule has 5 heteroatoms. The predicted molar refractivity (Wildman–Crippen MR) is 110 cm³/mol. The highest BCUT2D eigenvalue weighted by Gasteiger charge is 2.20. The average Bonchev–Trinajstić information content (AvgIpc) is 2.94. The molecule has 5 nitrogen and oxygen atoms in total. The maximum atomic E-state index is 12.9. The molecule has 0 saturated heterocycles. The average molecular weight is 376 g/mol. The van der Waals surface area contributed by atoms with Gasteiger partial charge in [0.1, 0.15) is 0 Å². The van der Waals surface area contributed by atoms with Gasteiger partial charge in [-0.3, -0.25) is 14.4 Å². The van der Waals surface area contributed by atoms with Crippen molar-refractivity contribution in [1.29, 1.82) is 0 Å². The Kier molecular flexibility index (Phi) is 5.73. The maximum Gasteiger partial charge on any atom is 0.253 e. The Morgan fingerprint density at radius 2 is 1.57 bits per heavy atom. The number of nitrogens with zero attached hydrogens (tertiary/aromatic N) is 2. The molecule has 0 bridgehead atoms. The first-order valence-corrected chi connectivity index (χ1v) is 9.33. The summed E-state index contributed by atoms with van der Waals surface area (Å²) in [7, 11) is 1.67. The van der Waals surface area contributed by atoms with Crippen molar-refractivity contribution in [2.45, 2.75) is 19.8 Å². The Morgan fingerprint density at radius 1 is 0.964 bits per heavy atom. The van der Waals surface area contributed by atoms with Crippen LogP contribution in [0.1, 0.15) is 38.8 Å². The van der Waals surface area contributed by atoms with Crippen LogP contribution in [-0.2, 0) is 17.6 Å². The molecule has 2 amide bonds. The quantitative estimate of drug-likeness (QED) is 0.608. The van der Waals surface area contributed by atoms with Crippen LogP contribution < -0.4 is 4.90 Å². The fourth-order valence-electron chi connectivity index (χ4n) is 3.42. The molecular weight excluding hydrogens is 352 g/mol. The van der Waals surface area contributed by atoms with Gasteiger partial charge in [0.05, 0.1) is 0 Å². The molecule has 0 radical (unpaired) electrons. The lowest BCUT2D eigenvalue weighted by Gasteiger charge is -2.21. The van der Waals surface area contributed by atoms with Gasteiger partial charge in [0.15, 0.2) is 5.78 Å². The summed E-state index contributed by atoms with van der Waals surface area (Å²) in [4.78, 5) is 39.6. The molecular formula is C23H24N2O3. The van der Waals surface area contributed by atoms with E-state index in [0.29, 0.717) is 29.9 Å². The number of carbonyl (C=O) groups is 3. The minimum Gasteiger partial charge on any atom is -0.338 e. The lowest BCUT2D eigenvalue weighted by Crippen LogP contribution is -2.33. The monoisotopic (exact) mass is 376 g/mol. The summed E-state index contributed by atoms with van der Waals surface area (Å²) in [5.74, 6) is -0.168. The second-order valence-corrected chi connectivity index (χ2v) is 6.98. The zero-order valence-corrected chi connectivity index (χ0v) is 16.3. The van der Waals surface area contributed by atoms with E-state index < -0.39 is 0 Å². The van der Waals surface area contributed by atoms with Crippen molar-refractivity contribution in [1.82, 2.24) is 4.90 Å².